The molecule has 2 nitrogen and oxygen atoms in total. The minimum Gasteiger partial charge on any atom is -0.434 e. The smallest absolute Gasteiger partial charge is 0.387 e. The van der Waals surface area contributed by atoms with Crippen LogP contribution in [-0.4, -0.2) is 17.2 Å². The van der Waals surface area contributed by atoms with Gasteiger partial charge in [0.05, 0.1) is 10.4 Å². The van der Waals surface area contributed by atoms with Crippen LogP contribution in [0.15, 0.2) is 18.2 Å². The van der Waals surface area contributed by atoms with E-state index in [4.69, 9.17) is 11.6 Å². The van der Waals surface area contributed by atoms with Gasteiger partial charge in [0.1, 0.15) is 5.75 Å². The molecule has 94 valence electrons. The van der Waals surface area contributed by atoms with Crippen LogP contribution < -0.4 is 4.74 Å². The lowest BCUT2D eigenvalue weighted by atomic mass is 10.0. The van der Waals surface area contributed by atoms with Crippen LogP contribution >= 0.6 is 27.5 Å². The number of carbonyl (C=O) groups is 1. The zero-order chi connectivity index (χ0) is 13.0. The highest BCUT2D eigenvalue weighted by Gasteiger charge is 2.19. The summed E-state index contributed by atoms with van der Waals surface area (Å²) in [7, 11) is 0. The number of hydrogen-bond acceptors (Lipinski definition) is 2. The Kier molecular flexibility index (Phi) is 5.33. The van der Waals surface area contributed by atoms with Crippen molar-refractivity contribution in [2.75, 3.05) is 0 Å². The van der Waals surface area contributed by atoms with Gasteiger partial charge in [0.2, 0.25) is 0 Å². The molecule has 1 rings (SSSR count). The zero-order valence-corrected chi connectivity index (χ0v) is 11.3. The number of ether oxygens (including phenoxy) is 1. The SMILES string of the molecule is CC(Br)C(=O)c1cc(CCl)ccc1OC(F)F. The predicted molar refractivity (Wildman–Crippen MR) is 65.4 cm³/mol. The van der Waals surface area contributed by atoms with Crippen molar-refractivity contribution in [2.45, 2.75) is 24.2 Å². The van der Waals surface area contributed by atoms with Gasteiger partial charge in [-0.1, -0.05) is 22.0 Å². The quantitative estimate of drug-likeness (QED) is 0.604. The van der Waals surface area contributed by atoms with Crippen LogP contribution in [0.5, 0.6) is 5.75 Å². The van der Waals surface area contributed by atoms with Crippen molar-refractivity contribution < 1.29 is 18.3 Å². The lowest BCUT2D eigenvalue weighted by Crippen LogP contribution is -2.14. The first-order valence-corrected chi connectivity index (χ1v) is 6.22. The van der Waals surface area contributed by atoms with Gasteiger partial charge < -0.3 is 4.74 Å². The average molecular weight is 328 g/mol. The molecule has 1 unspecified atom stereocenters. The van der Waals surface area contributed by atoms with Gasteiger partial charge in [0.15, 0.2) is 5.78 Å². The molecule has 1 aromatic carbocycles. The minimum atomic E-state index is -2.96. The van der Waals surface area contributed by atoms with Crippen LogP contribution in [0.4, 0.5) is 8.78 Å². The maximum absolute atomic E-state index is 12.2. The Balaban J connectivity index is 3.16. The lowest BCUT2D eigenvalue weighted by molar-refractivity contribution is -0.0501. The maximum atomic E-state index is 12.2. The van der Waals surface area contributed by atoms with Crippen molar-refractivity contribution in [1.29, 1.82) is 0 Å². The summed E-state index contributed by atoms with van der Waals surface area (Å²) < 4.78 is 28.7. The first-order valence-electron chi connectivity index (χ1n) is 4.77. The molecular formula is C11H10BrClF2O2. The van der Waals surface area contributed by atoms with Gasteiger partial charge in [-0.2, -0.15) is 8.78 Å². The number of halogens is 4. The molecule has 0 aliphatic rings. The molecule has 0 saturated carbocycles. The summed E-state index contributed by atoms with van der Waals surface area (Å²) >= 11 is 8.73. The first-order chi connectivity index (χ1) is 7.95. The highest BCUT2D eigenvalue weighted by atomic mass is 79.9. The van der Waals surface area contributed by atoms with Crippen molar-refractivity contribution in [3.05, 3.63) is 29.3 Å². The summed E-state index contributed by atoms with van der Waals surface area (Å²) in [6, 6.07) is 4.33. The molecule has 0 aliphatic heterocycles. The second kappa shape index (κ2) is 6.31. The summed E-state index contributed by atoms with van der Waals surface area (Å²) in [6.07, 6.45) is 0. The molecule has 1 aromatic rings. The summed E-state index contributed by atoms with van der Waals surface area (Å²) in [5, 5.41) is 0. The van der Waals surface area contributed by atoms with E-state index in [0.717, 1.165) is 0 Å². The molecule has 0 N–H and O–H groups in total. The largest absolute Gasteiger partial charge is 0.434 e. The predicted octanol–water partition coefficient (Wildman–Crippen LogP) is 3.99. The number of benzene rings is 1. The Labute approximate surface area is 111 Å². The molecule has 17 heavy (non-hydrogen) atoms. The van der Waals surface area contributed by atoms with E-state index < -0.39 is 11.4 Å². The number of ketones is 1. The molecule has 0 bridgehead atoms. The number of alkyl halides is 4. The standard InChI is InChI=1S/C11H10BrClF2O2/c1-6(12)10(16)8-4-7(5-13)2-3-9(8)17-11(14)15/h2-4,6,11H,5H2,1H3. The summed E-state index contributed by atoms with van der Waals surface area (Å²) in [5.74, 6) is -0.260. The fraction of sp³-hybridized carbons (Fsp3) is 0.364. The monoisotopic (exact) mass is 326 g/mol. The van der Waals surface area contributed by atoms with Crippen LogP contribution in [0.25, 0.3) is 0 Å². The van der Waals surface area contributed by atoms with E-state index in [0.29, 0.717) is 5.56 Å². The fourth-order valence-electron chi connectivity index (χ4n) is 1.27. The van der Waals surface area contributed by atoms with E-state index >= 15 is 0 Å². The van der Waals surface area contributed by atoms with E-state index in [-0.39, 0.29) is 23.0 Å². The van der Waals surface area contributed by atoms with Crippen molar-refractivity contribution in [1.82, 2.24) is 0 Å². The summed E-state index contributed by atoms with van der Waals surface area (Å²) in [5.41, 5.74) is 0.776. The van der Waals surface area contributed by atoms with Gasteiger partial charge in [0, 0.05) is 5.88 Å². The molecule has 0 heterocycles. The molecule has 0 aromatic heterocycles. The van der Waals surface area contributed by atoms with E-state index in [1.165, 1.54) is 12.1 Å². The van der Waals surface area contributed by atoms with Crippen LogP contribution in [0.1, 0.15) is 22.8 Å². The normalized spacial score (nSPS) is 12.6. The highest BCUT2D eigenvalue weighted by Crippen LogP contribution is 2.25. The molecule has 0 saturated heterocycles. The van der Waals surface area contributed by atoms with E-state index in [1.807, 2.05) is 0 Å². The van der Waals surface area contributed by atoms with Crippen molar-refractivity contribution in [3.63, 3.8) is 0 Å². The van der Waals surface area contributed by atoms with Gasteiger partial charge in [-0.25, -0.2) is 0 Å². The molecule has 0 fully saturated rings. The van der Waals surface area contributed by atoms with Gasteiger partial charge in [-0.05, 0) is 24.6 Å². The Bertz CT molecular complexity index is 410. The fourth-order valence-corrected chi connectivity index (χ4v) is 1.68. The van der Waals surface area contributed by atoms with Crippen LogP contribution in [-0.2, 0) is 5.88 Å². The van der Waals surface area contributed by atoms with E-state index in [1.54, 1.807) is 13.0 Å². The molecule has 0 aliphatic carbocycles. The molecular weight excluding hydrogens is 317 g/mol. The molecule has 0 spiro atoms. The maximum Gasteiger partial charge on any atom is 0.387 e. The summed E-state index contributed by atoms with van der Waals surface area (Å²) in [4.78, 5) is 11.3. The Hall–Kier alpha value is -0.680. The lowest BCUT2D eigenvalue weighted by Gasteiger charge is -2.12. The topological polar surface area (TPSA) is 26.3 Å². The van der Waals surface area contributed by atoms with E-state index in [2.05, 4.69) is 20.7 Å². The van der Waals surface area contributed by atoms with Crippen molar-refractivity contribution >= 4 is 33.3 Å². The third kappa shape index (κ3) is 3.92. The molecule has 0 amide bonds. The minimum absolute atomic E-state index is 0.104. The van der Waals surface area contributed by atoms with Gasteiger partial charge >= 0.3 is 6.61 Å². The van der Waals surface area contributed by atoms with Crippen LogP contribution in [0.3, 0.4) is 0 Å². The van der Waals surface area contributed by atoms with E-state index in [9.17, 15) is 13.6 Å². The number of Topliss-reactive ketones (excluding diaryl/α,β-unsaturated/α-hetero) is 1. The third-order valence-corrected chi connectivity index (χ3v) is 2.77. The number of rotatable bonds is 5. The van der Waals surface area contributed by atoms with Crippen LogP contribution in [0.2, 0.25) is 0 Å². The Morgan fingerprint density at radius 2 is 2.18 bits per heavy atom. The third-order valence-electron chi connectivity index (χ3n) is 2.04. The summed E-state index contributed by atoms with van der Waals surface area (Å²) in [6.45, 7) is -1.35. The van der Waals surface area contributed by atoms with Crippen molar-refractivity contribution in [3.8, 4) is 5.75 Å². The molecule has 6 heteroatoms. The first kappa shape index (κ1) is 14.4. The highest BCUT2D eigenvalue weighted by molar-refractivity contribution is 9.10. The number of hydrogen-bond donors (Lipinski definition) is 0. The van der Waals surface area contributed by atoms with Gasteiger partial charge in [-0.3, -0.25) is 4.79 Å². The van der Waals surface area contributed by atoms with Crippen LogP contribution in [0, 0.1) is 0 Å². The average Bonchev–Trinajstić information content (AvgIpc) is 2.27. The second-order valence-electron chi connectivity index (χ2n) is 3.32. The van der Waals surface area contributed by atoms with Crippen molar-refractivity contribution in [2.24, 2.45) is 0 Å². The Morgan fingerprint density at radius 1 is 1.53 bits per heavy atom. The van der Waals surface area contributed by atoms with Gasteiger partial charge in [-0.15, -0.1) is 11.6 Å². The zero-order valence-electron chi connectivity index (χ0n) is 8.92. The molecule has 0 radical (unpaired) electrons. The van der Waals surface area contributed by atoms with Gasteiger partial charge in [0.25, 0.3) is 0 Å². The number of carbonyl (C=O) groups excluding carboxylic acids is 1. The Morgan fingerprint density at radius 3 is 2.65 bits per heavy atom. The second-order valence-corrected chi connectivity index (χ2v) is 4.96. The molecule has 1 atom stereocenters.